The van der Waals surface area contributed by atoms with Gasteiger partial charge >= 0.3 is 5.97 Å². The summed E-state index contributed by atoms with van der Waals surface area (Å²) in [4.78, 5) is 11.0. The maximum Gasteiger partial charge on any atom is 0.335 e. The fourth-order valence-corrected chi connectivity index (χ4v) is 2.38. The summed E-state index contributed by atoms with van der Waals surface area (Å²) >= 11 is 5.97. The molecule has 0 aliphatic carbocycles. The highest BCUT2D eigenvalue weighted by atomic mass is 35.5. The van der Waals surface area contributed by atoms with Crippen LogP contribution in [-0.4, -0.2) is 26.4 Å². The molecule has 0 fully saturated rings. The number of benzene rings is 2. The molecule has 0 saturated heterocycles. The summed E-state index contributed by atoms with van der Waals surface area (Å²) in [6.07, 6.45) is 0. The lowest BCUT2D eigenvalue weighted by Gasteiger charge is -2.05. The number of rotatable bonds is 2. The van der Waals surface area contributed by atoms with E-state index in [1.165, 1.54) is 18.2 Å². The Balaban J connectivity index is 2.22. The summed E-state index contributed by atoms with van der Waals surface area (Å²) in [5.41, 5.74) is 2.69. The van der Waals surface area contributed by atoms with E-state index in [2.05, 4.69) is 10.2 Å². The molecule has 0 atom stereocenters. The summed E-state index contributed by atoms with van der Waals surface area (Å²) in [5, 5.41) is 27.2. The monoisotopic (exact) mass is 302 g/mol. The number of nitrogens with one attached hydrogen (secondary N) is 1. The molecular weight excluding hydrogens is 292 g/mol. The Morgan fingerprint density at radius 1 is 1.29 bits per heavy atom. The highest BCUT2D eigenvalue weighted by Crippen LogP contribution is 2.36. The van der Waals surface area contributed by atoms with Crippen molar-refractivity contribution in [3.05, 3.63) is 46.5 Å². The van der Waals surface area contributed by atoms with Crippen LogP contribution in [0.3, 0.4) is 0 Å². The second-order valence-electron chi connectivity index (χ2n) is 4.76. The van der Waals surface area contributed by atoms with Crippen molar-refractivity contribution in [1.29, 1.82) is 0 Å². The van der Waals surface area contributed by atoms with Gasteiger partial charge in [0, 0.05) is 16.0 Å². The highest BCUT2D eigenvalue weighted by molar-refractivity contribution is 6.31. The smallest absolute Gasteiger partial charge is 0.335 e. The average molecular weight is 303 g/mol. The summed E-state index contributed by atoms with van der Waals surface area (Å²) < 4.78 is 0. The molecule has 0 spiro atoms. The summed E-state index contributed by atoms with van der Waals surface area (Å²) in [6, 6.07) is 7.90. The maximum absolute atomic E-state index is 11.0. The molecular formula is C15H11ClN2O3. The number of fused-ring (bicyclic) bond motifs is 1. The zero-order chi connectivity index (χ0) is 15.1. The Morgan fingerprint density at radius 3 is 2.76 bits per heavy atom. The number of phenolic OH excluding ortho intramolecular Hbond substituents is 1. The lowest BCUT2D eigenvalue weighted by Crippen LogP contribution is -1.94. The van der Waals surface area contributed by atoms with Gasteiger partial charge in [0.25, 0.3) is 0 Å². The molecule has 3 N–H and O–H groups in total. The van der Waals surface area contributed by atoms with Gasteiger partial charge < -0.3 is 10.2 Å². The van der Waals surface area contributed by atoms with Crippen LogP contribution in [0.25, 0.3) is 22.2 Å². The van der Waals surface area contributed by atoms with Crippen LogP contribution in [0.15, 0.2) is 30.3 Å². The average Bonchev–Trinajstić information content (AvgIpc) is 2.85. The molecule has 0 saturated carbocycles. The van der Waals surface area contributed by atoms with Crippen LogP contribution in [0.4, 0.5) is 0 Å². The molecule has 3 aromatic rings. The number of carboxylic acid groups (broad SMARTS) is 1. The number of aromatic nitrogens is 2. The summed E-state index contributed by atoms with van der Waals surface area (Å²) in [7, 11) is 0. The van der Waals surface area contributed by atoms with E-state index in [1.54, 1.807) is 12.1 Å². The lowest BCUT2D eigenvalue weighted by molar-refractivity contribution is 0.0697. The minimum absolute atomic E-state index is 0.0290. The number of aromatic carboxylic acids is 1. The van der Waals surface area contributed by atoms with Crippen LogP contribution in [0, 0.1) is 6.92 Å². The van der Waals surface area contributed by atoms with Crippen LogP contribution < -0.4 is 0 Å². The van der Waals surface area contributed by atoms with Gasteiger partial charge in [-0.1, -0.05) is 11.6 Å². The van der Waals surface area contributed by atoms with E-state index in [9.17, 15) is 9.90 Å². The van der Waals surface area contributed by atoms with Crippen LogP contribution in [-0.2, 0) is 0 Å². The minimum Gasteiger partial charge on any atom is -0.507 e. The quantitative estimate of drug-likeness (QED) is 0.675. The van der Waals surface area contributed by atoms with Gasteiger partial charge in [-0.05, 0) is 42.8 Å². The molecule has 0 radical (unpaired) electrons. The number of halogens is 1. The Morgan fingerprint density at radius 2 is 2.05 bits per heavy atom. The third-order valence-corrected chi connectivity index (χ3v) is 3.75. The molecule has 2 aromatic carbocycles. The van der Waals surface area contributed by atoms with Crippen molar-refractivity contribution in [3.63, 3.8) is 0 Å². The van der Waals surface area contributed by atoms with Crippen molar-refractivity contribution < 1.29 is 15.0 Å². The predicted octanol–water partition coefficient (Wildman–Crippen LogP) is 3.60. The molecule has 0 bridgehead atoms. The Kier molecular flexibility index (Phi) is 3.07. The van der Waals surface area contributed by atoms with E-state index in [0.29, 0.717) is 21.8 Å². The second-order valence-corrected chi connectivity index (χ2v) is 5.16. The van der Waals surface area contributed by atoms with Gasteiger partial charge in [0.15, 0.2) is 0 Å². The van der Waals surface area contributed by atoms with E-state index < -0.39 is 5.97 Å². The van der Waals surface area contributed by atoms with Crippen molar-refractivity contribution in [3.8, 4) is 17.0 Å². The molecule has 0 aliphatic rings. The number of carboxylic acids is 1. The fourth-order valence-electron chi connectivity index (χ4n) is 2.22. The van der Waals surface area contributed by atoms with Crippen molar-refractivity contribution in [1.82, 2.24) is 10.2 Å². The topological polar surface area (TPSA) is 86.2 Å². The van der Waals surface area contributed by atoms with Gasteiger partial charge in [-0.2, -0.15) is 5.10 Å². The molecule has 1 heterocycles. The van der Waals surface area contributed by atoms with Gasteiger partial charge in [-0.3, -0.25) is 5.10 Å². The van der Waals surface area contributed by atoms with Gasteiger partial charge in [0.2, 0.25) is 0 Å². The molecule has 6 heteroatoms. The first-order chi connectivity index (χ1) is 9.97. The van der Waals surface area contributed by atoms with Gasteiger partial charge in [-0.25, -0.2) is 4.79 Å². The molecule has 5 nitrogen and oxygen atoms in total. The number of aromatic hydroxyl groups is 1. The third kappa shape index (κ3) is 2.21. The molecule has 0 unspecified atom stereocenters. The number of aryl methyl sites for hydroxylation is 1. The SMILES string of the molecule is Cc1cc(-c2n[nH]c3cc(C(=O)O)ccc23)c(O)cc1Cl. The first kappa shape index (κ1) is 13.5. The number of aromatic amines is 1. The van der Waals surface area contributed by atoms with Crippen molar-refractivity contribution in [2.45, 2.75) is 6.92 Å². The second kappa shape index (κ2) is 4.79. The first-order valence-electron chi connectivity index (χ1n) is 6.18. The van der Waals surface area contributed by atoms with E-state index in [-0.39, 0.29) is 11.3 Å². The van der Waals surface area contributed by atoms with Crippen molar-refractivity contribution in [2.75, 3.05) is 0 Å². The molecule has 1 aromatic heterocycles. The summed E-state index contributed by atoms with van der Waals surface area (Å²) in [6.45, 7) is 1.84. The van der Waals surface area contributed by atoms with E-state index in [0.717, 1.165) is 10.9 Å². The number of hydrogen-bond donors (Lipinski definition) is 3. The predicted molar refractivity (Wildman–Crippen MR) is 79.9 cm³/mol. The lowest BCUT2D eigenvalue weighted by atomic mass is 10.0. The Bertz CT molecular complexity index is 871. The fraction of sp³-hybridized carbons (Fsp3) is 0.0667. The number of H-pyrrole nitrogens is 1. The van der Waals surface area contributed by atoms with Gasteiger partial charge in [0.05, 0.1) is 11.1 Å². The molecule has 106 valence electrons. The van der Waals surface area contributed by atoms with Crippen molar-refractivity contribution >= 4 is 28.5 Å². The van der Waals surface area contributed by atoms with E-state index >= 15 is 0 Å². The van der Waals surface area contributed by atoms with Gasteiger partial charge in [-0.15, -0.1) is 0 Å². The van der Waals surface area contributed by atoms with Crippen LogP contribution in [0.1, 0.15) is 15.9 Å². The van der Waals surface area contributed by atoms with Crippen LogP contribution in [0.5, 0.6) is 5.75 Å². The minimum atomic E-state index is -1.00. The zero-order valence-corrected chi connectivity index (χ0v) is 11.8. The maximum atomic E-state index is 11.0. The molecule has 3 rings (SSSR count). The normalized spacial score (nSPS) is 11.0. The number of phenols is 1. The van der Waals surface area contributed by atoms with Crippen LogP contribution in [0.2, 0.25) is 5.02 Å². The highest BCUT2D eigenvalue weighted by Gasteiger charge is 2.15. The van der Waals surface area contributed by atoms with Crippen molar-refractivity contribution in [2.24, 2.45) is 0 Å². The zero-order valence-electron chi connectivity index (χ0n) is 11.0. The summed E-state index contributed by atoms with van der Waals surface area (Å²) in [5.74, 6) is -0.973. The Hall–Kier alpha value is -2.53. The van der Waals surface area contributed by atoms with Crippen LogP contribution >= 0.6 is 11.6 Å². The molecule has 0 aliphatic heterocycles. The third-order valence-electron chi connectivity index (χ3n) is 3.34. The largest absolute Gasteiger partial charge is 0.507 e. The van der Waals surface area contributed by atoms with Gasteiger partial charge in [0.1, 0.15) is 11.4 Å². The van der Waals surface area contributed by atoms with E-state index in [1.807, 2.05) is 6.92 Å². The number of hydrogen-bond acceptors (Lipinski definition) is 3. The van der Waals surface area contributed by atoms with E-state index in [4.69, 9.17) is 16.7 Å². The Labute approximate surface area is 124 Å². The first-order valence-corrected chi connectivity index (χ1v) is 6.56. The molecule has 21 heavy (non-hydrogen) atoms. The number of carbonyl (C=O) groups is 1. The number of nitrogens with zero attached hydrogens (tertiary/aromatic N) is 1. The molecule has 0 amide bonds. The standard InChI is InChI=1S/C15H11ClN2O3/c1-7-4-10(13(19)6-11(7)16)14-9-3-2-8(15(20)21)5-12(9)17-18-14/h2-6,19H,1H3,(H,17,18)(H,20,21).